The van der Waals surface area contributed by atoms with Gasteiger partial charge in [0.2, 0.25) is 0 Å². The summed E-state index contributed by atoms with van der Waals surface area (Å²) in [5, 5.41) is 8.56. The topological polar surface area (TPSA) is 57.6 Å². The molecule has 1 amide bonds. The molecular weight excluding hydrogens is 331 g/mol. The van der Waals surface area contributed by atoms with Crippen molar-refractivity contribution in [3.63, 3.8) is 0 Å². The van der Waals surface area contributed by atoms with Crippen LogP contribution in [0.15, 0.2) is 28.7 Å². The number of carboxylic acid groups (broad SMARTS) is 1. The highest BCUT2D eigenvalue weighted by Gasteiger charge is 2.34. The lowest BCUT2D eigenvalue weighted by Gasteiger charge is -2.22. The third-order valence-electron chi connectivity index (χ3n) is 2.06. The molecule has 0 spiro atoms. The zero-order valence-corrected chi connectivity index (χ0v) is 11.0. The number of nitrogens with zero attached hydrogens (tertiary/aromatic N) is 1. The van der Waals surface area contributed by atoms with Crippen molar-refractivity contribution in [1.82, 2.24) is 4.90 Å². The fourth-order valence-corrected chi connectivity index (χ4v) is 1.78. The van der Waals surface area contributed by atoms with E-state index >= 15 is 0 Å². The summed E-state index contributed by atoms with van der Waals surface area (Å²) in [5.74, 6) is -2.49. The molecule has 1 rings (SSSR count). The summed E-state index contributed by atoms with van der Waals surface area (Å²) in [4.78, 5) is 22.6. The molecule has 1 aromatic rings. The van der Waals surface area contributed by atoms with Gasteiger partial charge >= 0.3 is 12.1 Å². The Morgan fingerprint density at radius 2 is 1.95 bits per heavy atom. The van der Waals surface area contributed by atoms with Crippen LogP contribution in [0.25, 0.3) is 0 Å². The normalized spacial score (nSPS) is 11.2. The molecule has 104 valence electrons. The van der Waals surface area contributed by atoms with Crippen molar-refractivity contribution in [2.45, 2.75) is 6.18 Å². The smallest absolute Gasteiger partial charge is 0.406 e. The number of benzene rings is 1. The van der Waals surface area contributed by atoms with E-state index in [1.807, 2.05) is 0 Å². The average molecular weight is 340 g/mol. The van der Waals surface area contributed by atoms with Gasteiger partial charge in [0.05, 0.1) is 0 Å². The molecule has 19 heavy (non-hydrogen) atoms. The van der Waals surface area contributed by atoms with E-state index in [-0.39, 0.29) is 10.5 Å². The minimum Gasteiger partial charge on any atom is -0.480 e. The van der Waals surface area contributed by atoms with E-state index in [2.05, 4.69) is 15.9 Å². The monoisotopic (exact) mass is 339 g/mol. The number of rotatable bonds is 4. The van der Waals surface area contributed by atoms with Crippen molar-refractivity contribution in [1.29, 1.82) is 0 Å². The Morgan fingerprint density at radius 1 is 1.32 bits per heavy atom. The molecule has 0 heterocycles. The van der Waals surface area contributed by atoms with E-state index in [9.17, 15) is 22.8 Å². The van der Waals surface area contributed by atoms with Crippen LogP contribution in [0, 0.1) is 0 Å². The van der Waals surface area contributed by atoms with Crippen molar-refractivity contribution < 1.29 is 27.9 Å². The van der Waals surface area contributed by atoms with Gasteiger partial charge in [-0.15, -0.1) is 0 Å². The molecule has 0 aliphatic carbocycles. The molecule has 0 bridgehead atoms. The van der Waals surface area contributed by atoms with Gasteiger partial charge in [0.1, 0.15) is 13.1 Å². The minimum atomic E-state index is -4.66. The number of amides is 1. The fourth-order valence-electron chi connectivity index (χ4n) is 1.38. The number of carbonyl (C=O) groups is 2. The molecule has 8 heteroatoms. The summed E-state index contributed by atoms with van der Waals surface area (Å²) in [6.45, 7) is -2.62. The zero-order chi connectivity index (χ0) is 14.6. The summed E-state index contributed by atoms with van der Waals surface area (Å²) in [7, 11) is 0. The van der Waals surface area contributed by atoms with Gasteiger partial charge in [0, 0.05) is 10.0 Å². The summed E-state index contributed by atoms with van der Waals surface area (Å²) in [6, 6.07) is 5.72. The van der Waals surface area contributed by atoms with E-state index in [0.29, 0.717) is 4.47 Å². The van der Waals surface area contributed by atoms with E-state index in [1.165, 1.54) is 18.2 Å². The van der Waals surface area contributed by atoms with Crippen molar-refractivity contribution in [2.75, 3.05) is 13.1 Å². The summed E-state index contributed by atoms with van der Waals surface area (Å²) in [6.07, 6.45) is -4.66. The number of hydrogen-bond acceptors (Lipinski definition) is 2. The summed E-state index contributed by atoms with van der Waals surface area (Å²) >= 11 is 3.08. The van der Waals surface area contributed by atoms with Crippen LogP contribution in [0.5, 0.6) is 0 Å². The largest absolute Gasteiger partial charge is 0.480 e. The van der Waals surface area contributed by atoms with Crippen LogP contribution in [-0.2, 0) is 4.79 Å². The molecule has 0 aliphatic heterocycles. The van der Waals surface area contributed by atoms with Gasteiger partial charge in [-0.3, -0.25) is 9.59 Å². The molecule has 4 nitrogen and oxygen atoms in total. The van der Waals surface area contributed by atoms with Crippen LogP contribution in [0.2, 0.25) is 0 Å². The number of halogens is 4. The summed E-state index contributed by atoms with van der Waals surface area (Å²) < 4.78 is 37.5. The number of carboxylic acids is 1. The van der Waals surface area contributed by atoms with Crippen molar-refractivity contribution in [3.05, 3.63) is 34.3 Å². The first kappa shape index (κ1) is 15.5. The SMILES string of the molecule is O=C(O)CN(CC(F)(F)F)C(=O)c1cccc(Br)c1. The van der Waals surface area contributed by atoms with E-state index in [1.54, 1.807) is 6.07 Å². The van der Waals surface area contributed by atoms with Crippen LogP contribution >= 0.6 is 15.9 Å². The predicted octanol–water partition coefficient (Wildman–Crippen LogP) is 2.54. The van der Waals surface area contributed by atoms with Crippen LogP contribution < -0.4 is 0 Å². The molecule has 0 unspecified atom stereocenters. The Kier molecular flexibility index (Phi) is 4.93. The standard InChI is InChI=1S/C11H9BrF3NO3/c12-8-3-1-2-7(4-8)10(19)16(5-9(17)18)6-11(13,14)15/h1-4H,5-6H2,(H,17,18). The van der Waals surface area contributed by atoms with Crippen LogP contribution in [-0.4, -0.2) is 41.1 Å². The Bertz CT molecular complexity index is 490. The van der Waals surface area contributed by atoms with Gasteiger partial charge in [-0.1, -0.05) is 22.0 Å². The molecule has 0 saturated heterocycles. The van der Waals surface area contributed by atoms with Crippen molar-refractivity contribution in [2.24, 2.45) is 0 Å². The predicted molar refractivity (Wildman–Crippen MR) is 63.7 cm³/mol. The highest BCUT2D eigenvalue weighted by atomic mass is 79.9. The Hall–Kier alpha value is -1.57. The third kappa shape index (κ3) is 5.29. The minimum absolute atomic E-state index is 0.0140. The van der Waals surface area contributed by atoms with Gasteiger partial charge < -0.3 is 10.0 Å². The first-order valence-corrected chi connectivity index (χ1v) is 5.82. The Labute approximate surface area is 114 Å². The lowest BCUT2D eigenvalue weighted by atomic mass is 10.2. The number of hydrogen-bond donors (Lipinski definition) is 1. The number of carbonyl (C=O) groups excluding carboxylic acids is 1. The molecule has 0 fully saturated rings. The molecule has 0 atom stereocenters. The molecule has 1 aromatic carbocycles. The maximum Gasteiger partial charge on any atom is 0.406 e. The third-order valence-corrected chi connectivity index (χ3v) is 2.55. The van der Waals surface area contributed by atoms with Gasteiger partial charge in [-0.2, -0.15) is 13.2 Å². The quantitative estimate of drug-likeness (QED) is 0.917. The maximum atomic E-state index is 12.3. The highest BCUT2D eigenvalue weighted by Crippen LogP contribution is 2.19. The molecule has 0 saturated carbocycles. The lowest BCUT2D eigenvalue weighted by Crippen LogP contribution is -2.42. The first-order valence-electron chi connectivity index (χ1n) is 5.02. The molecule has 0 aromatic heterocycles. The molecular formula is C11H9BrF3NO3. The second-order valence-corrected chi connectivity index (χ2v) is 4.60. The van der Waals surface area contributed by atoms with E-state index in [4.69, 9.17) is 5.11 Å². The zero-order valence-electron chi connectivity index (χ0n) is 9.45. The van der Waals surface area contributed by atoms with Crippen molar-refractivity contribution >= 4 is 27.8 Å². The molecule has 1 N–H and O–H groups in total. The number of alkyl halides is 3. The second-order valence-electron chi connectivity index (χ2n) is 3.68. The highest BCUT2D eigenvalue weighted by molar-refractivity contribution is 9.10. The van der Waals surface area contributed by atoms with Gasteiger partial charge in [0.25, 0.3) is 5.91 Å². The average Bonchev–Trinajstić information content (AvgIpc) is 2.24. The van der Waals surface area contributed by atoms with Crippen LogP contribution in [0.1, 0.15) is 10.4 Å². The van der Waals surface area contributed by atoms with Gasteiger partial charge in [-0.25, -0.2) is 0 Å². The Morgan fingerprint density at radius 3 is 2.42 bits per heavy atom. The van der Waals surface area contributed by atoms with Crippen molar-refractivity contribution in [3.8, 4) is 0 Å². The lowest BCUT2D eigenvalue weighted by molar-refractivity contribution is -0.149. The number of aliphatic carboxylic acids is 1. The van der Waals surface area contributed by atoms with Gasteiger partial charge in [-0.05, 0) is 18.2 Å². The van der Waals surface area contributed by atoms with Crippen LogP contribution in [0.4, 0.5) is 13.2 Å². The fraction of sp³-hybridized carbons (Fsp3) is 0.273. The molecule has 0 aliphatic rings. The van der Waals surface area contributed by atoms with Crippen LogP contribution in [0.3, 0.4) is 0 Å². The maximum absolute atomic E-state index is 12.3. The van der Waals surface area contributed by atoms with E-state index < -0.39 is 31.1 Å². The Balaban J connectivity index is 2.97. The first-order chi connectivity index (χ1) is 8.69. The molecule has 0 radical (unpaired) electrons. The van der Waals surface area contributed by atoms with E-state index in [0.717, 1.165) is 0 Å². The second kappa shape index (κ2) is 6.05. The van der Waals surface area contributed by atoms with Gasteiger partial charge in [0.15, 0.2) is 0 Å². The summed E-state index contributed by atoms with van der Waals surface area (Å²) in [5.41, 5.74) is -0.0140.